The topological polar surface area (TPSA) is 83.5 Å². The smallest absolute Gasteiger partial charge is 0.254 e. The van der Waals surface area contributed by atoms with Crippen molar-refractivity contribution < 1.29 is 9.53 Å². The zero-order valence-corrected chi connectivity index (χ0v) is 15.0. The van der Waals surface area contributed by atoms with Crippen molar-refractivity contribution >= 4 is 17.7 Å². The van der Waals surface area contributed by atoms with Gasteiger partial charge in [0, 0.05) is 70.6 Å². The lowest BCUT2D eigenvalue weighted by molar-refractivity contribution is 0.0746. The highest BCUT2D eigenvalue weighted by Crippen LogP contribution is 2.14. The zero-order chi connectivity index (χ0) is 18.2. The van der Waals surface area contributed by atoms with E-state index in [0.717, 1.165) is 26.1 Å². The summed E-state index contributed by atoms with van der Waals surface area (Å²) in [6.45, 7) is 4.20. The van der Waals surface area contributed by atoms with Crippen molar-refractivity contribution in [3.8, 4) is 0 Å². The van der Waals surface area contributed by atoms with Crippen LogP contribution in [0.4, 0.5) is 11.8 Å². The van der Waals surface area contributed by atoms with Crippen molar-refractivity contribution in [2.75, 3.05) is 56.7 Å². The number of anilines is 2. The van der Waals surface area contributed by atoms with Crippen LogP contribution in [0.5, 0.6) is 0 Å². The maximum absolute atomic E-state index is 12.8. The van der Waals surface area contributed by atoms with Crippen molar-refractivity contribution in [3.05, 3.63) is 42.4 Å². The lowest BCUT2D eigenvalue weighted by Gasteiger charge is -2.34. The molecule has 8 nitrogen and oxygen atoms in total. The van der Waals surface area contributed by atoms with Crippen LogP contribution in [0, 0.1) is 0 Å². The molecule has 1 aliphatic rings. The Morgan fingerprint density at radius 3 is 2.65 bits per heavy atom. The highest BCUT2D eigenvalue weighted by atomic mass is 16.5. The quantitative estimate of drug-likeness (QED) is 0.748. The van der Waals surface area contributed by atoms with Gasteiger partial charge < -0.3 is 19.9 Å². The molecule has 1 aliphatic heterocycles. The van der Waals surface area contributed by atoms with Crippen molar-refractivity contribution in [2.45, 2.75) is 6.42 Å². The third kappa shape index (κ3) is 4.66. The molecule has 0 atom stereocenters. The van der Waals surface area contributed by atoms with Crippen LogP contribution in [0.1, 0.15) is 16.8 Å². The second-order valence-electron chi connectivity index (χ2n) is 6.03. The van der Waals surface area contributed by atoms with Gasteiger partial charge in [-0.1, -0.05) is 0 Å². The first kappa shape index (κ1) is 18.1. The van der Waals surface area contributed by atoms with Gasteiger partial charge in [-0.2, -0.15) is 0 Å². The number of nitrogens with zero attached hydrogens (tertiary/aromatic N) is 5. The molecule has 0 aliphatic carbocycles. The van der Waals surface area contributed by atoms with E-state index in [0.29, 0.717) is 37.0 Å². The molecule has 3 rings (SSSR count). The largest absolute Gasteiger partial charge is 0.385 e. The lowest BCUT2D eigenvalue weighted by Crippen LogP contribution is -2.49. The van der Waals surface area contributed by atoms with Crippen LogP contribution in [0.3, 0.4) is 0 Å². The molecular formula is C18H24N6O2. The predicted octanol–water partition coefficient (Wildman–Crippen LogP) is 1.28. The Labute approximate surface area is 153 Å². The van der Waals surface area contributed by atoms with E-state index in [2.05, 4.69) is 25.2 Å². The zero-order valence-electron chi connectivity index (χ0n) is 15.0. The van der Waals surface area contributed by atoms with E-state index in [4.69, 9.17) is 4.74 Å². The van der Waals surface area contributed by atoms with Crippen LogP contribution in [-0.2, 0) is 4.74 Å². The Balaban J connectivity index is 1.55. The fourth-order valence-electron chi connectivity index (χ4n) is 2.84. The number of methoxy groups -OCH3 is 1. The van der Waals surface area contributed by atoms with Gasteiger partial charge in [0.15, 0.2) is 0 Å². The van der Waals surface area contributed by atoms with E-state index in [-0.39, 0.29) is 5.91 Å². The molecule has 0 aromatic carbocycles. The number of piperazine rings is 1. The first-order chi connectivity index (χ1) is 12.8. The number of nitrogens with one attached hydrogen (secondary N) is 1. The van der Waals surface area contributed by atoms with Crippen LogP contribution in [0.2, 0.25) is 0 Å². The summed E-state index contributed by atoms with van der Waals surface area (Å²) in [5.41, 5.74) is 0.652. The van der Waals surface area contributed by atoms with Crippen LogP contribution in [-0.4, -0.2) is 72.2 Å². The molecule has 0 saturated carbocycles. The number of ether oxygens (including phenoxy) is 1. The Bertz CT molecular complexity index is 704. The number of pyridine rings is 1. The minimum atomic E-state index is 0.0287. The van der Waals surface area contributed by atoms with E-state index < -0.39 is 0 Å². The van der Waals surface area contributed by atoms with E-state index in [1.54, 1.807) is 37.8 Å². The molecule has 1 amide bonds. The highest BCUT2D eigenvalue weighted by Gasteiger charge is 2.23. The third-order valence-electron chi connectivity index (χ3n) is 4.24. The first-order valence-corrected chi connectivity index (χ1v) is 8.78. The van der Waals surface area contributed by atoms with Gasteiger partial charge in [-0.15, -0.1) is 0 Å². The summed E-state index contributed by atoms with van der Waals surface area (Å²) < 4.78 is 5.03. The van der Waals surface area contributed by atoms with E-state index in [1.807, 2.05) is 11.0 Å². The van der Waals surface area contributed by atoms with E-state index in [9.17, 15) is 4.79 Å². The van der Waals surface area contributed by atoms with Gasteiger partial charge in [0.2, 0.25) is 5.95 Å². The van der Waals surface area contributed by atoms with Crippen molar-refractivity contribution in [2.24, 2.45) is 0 Å². The molecule has 8 heteroatoms. The third-order valence-corrected chi connectivity index (χ3v) is 4.24. The molecule has 1 N–H and O–H groups in total. The fourth-order valence-corrected chi connectivity index (χ4v) is 2.84. The van der Waals surface area contributed by atoms with Gasteiger partial charge >= 0.3 is 0 Å². The molecule has 0 bridgehead atoms. The van der Waals surface area contributed by atoms with Crippen molar-refractivity contribution in [1.29, 1.82) is 0 Å². The number of amides is 1. The fraction of sp³-hybridized carbons (Fsp3) is 0.444. The molecule has 26 heavy (non-hydrogen) atoms. The molecule has 1 fully saturated rings. The number of hydrogen-bond acceptors (Lipinski definition) is 7. The molecule has 1 saturated heterocycles. The van der Waals surface area contributed by atoms with Crippen molar-refractivity contribution in [1.82, 2.24) is 19.9 Å². The van der Waals surface area contributed by atoms with E-state index >= 15 is 0 Å². The predicted molar refractivity (Wildman–Crippen MR) is 99.4 cm³/mol. The number of carbonyl (C=O) groups excluding carboxylic acids is 1. The van der Waals surface area contributed by atoms with Gasteiger partial charge in [0.05, 0.1) is 0 Å². The molecule has 138 valence electrons. The summed E-state index contributed by atoms with van der Waals surface area (Å²) >= 11 is 0. The summed E-state index contributed by atoms with van der Waals surface area (Å²) in [7, 11) is 1.68. The average molecular weight is 356 g/mol. The minimum absolute atomic E-state index is 0.0287. The second kappa shape index (κ2) is 9.10. The Morgan fingerprint density at radius 1 is 1.15 bits per heavy atom. The Kier molecular flexibility index (Phi) is 6.32. The standard InChI is InChI=1S/C18H24N6O2/c1-26-13-3-7-19-16-14-15(4-8-20-16)17(25)23-9-11-24(12-10-23)18-21-5-2-6-22-18/h2,4-6,8,14H,3,7,9-13H2,1H3,(H,19,20). The lowest BCUT2D eigenvalue weighted by atomic mass is 10.2. The number of rotatable bonds is 7. The number of carbonyl (C=O) groups is 1. The van der Waals surface area contributed by atoms with Gasteiger partial charge in [-0.25, -0.2) is 15.0 Å². The van der Waals surface area contributed by atoms with Crippen LogP contribution < -0.4 is 10.2 Å². The monoisotopic (exact) mass is 356 g/mol. The van der Waals surface area contributed by atoms with E-state index in [1.165, 1.54) is 0 Å². The van der Waals surface area contributed by atoms with Gasteiger partial charge in [0.25, 0.3) is 5.91 Å². The molecule has 2 aromatic rings. The SMILES string of the molecule is COCCCNc1cc(C(=O)N2CCN(c3ncccn3)CC2)ccn1. The highest BCUT2D eigenvalue weighted by molar-refractivity contribution is 5.95. The second-order valence-corrected chi connectivity index (χ2v) is 6.03. The van der Waals surface area contributed by atoms with Gasteiger partial charge in [0.1, 0.15) is 5.82 Å². The summed E-state index contributed by atoms with van der Waals surface area (Å²) in [6.07, 6.45) is 6.02. The maximum Gasteiger partial charge on any atom is 0.254 e. The normalized spacial score (nSPS) is 14.3. The minimum Gasteiger partial charge on any atom is -0.385 e. The summed E-state index contributed by atoms with van der Waals surface area (Å²) in [5.74, 6) is 1.45. The van der Waals surface area contributed by atoms with Crippen molar-refractivity contribution in [3.63, 3.8) is 0 Å². The molecule has 0 radical (unpaired) electrons. The van der Waals surface area contributed by atoms with Crippen LogP contribution >= 0.6 is 0 Å². The summed E-state index contributed by atoms with van der Waals surface area (Å²) in [5, 5.41) is 3.22. The summed E-state index contributed by atoms with van der Waals surface area (Å²) in [4.78, 5) is 29.5. The van der Waals surface area contributed by atoms with Crippen LogP contribution in [0.15, 0.2) is 36.8 Å². The molecule has 0 spiro atoms. The molecule has 3 heterocycles. The molecule has 2 aromatic heterocycles. The summed E-state index contributed by atoms with van der Waals surface area (Å²) in [6, 6.07) is 5.37. The van der Waals surface area contributed by atoms with Crippen LogP contribution in [0.25, 0.3) is 0 Å². The van der Waals surface area contributed by atoms with Gasteiger partial charge in [-0.3, -0.25) is 4.79 Å². The maximum atomic E-state index is 12.8. The molecular weight excluding hydrogens is 332 g/mol. The number of hydrogen-bond donors (Lipinski definition) is 1. The first-order valence-electron chi connectivity index (χ1n) is 8.78. The molecule has 0 unspecified atom stereocenters. The number of aromatic nitrogens is 3. The Hall–Kier alpha value is -2.74. The Morgan fingerprint density at radius 2 is 1.92 bits per heavy atom. The van der Waals surface area contributed by atoms with Gasteiger partial charge in [-0.05, 0) is 24.6 Å². The average Bonchev–Trinajstić information content (AvgIpc) is 2.72.